The Morgan fingerprint density at radius 2 is 2.00 bits per heavy atom. The van der Waals surface area contributed by atoms with Crippen LogP contribution in [0.2, 0.25) is 0 Å². The number of likely N-dealkylation sites (N-methyl/N-ethyl adjacent to an activating group) is 1. The molecule has 0 saturated carbocycles. The Morgan fingerprint density at radius 1 is 1.36 bits per heavy atom. The normalized spacial score (nSPS) is 22.8. The van der Waals surface area contributed by atoms with Crippen molar-refractivity contribution in [1.29, 1.82) is 0 Å². The van der Waals surface area contributed by atoms with Gasteiger partial charge in [-0.3, -0.25) is 9.69 Å². The second kappa shape index (κ2) is 6.36. The second-order valence-corrected chi connectivity index (χ2v) is 6.89. The lowest BCUT2D eigenvalue weighted by Gasteiger charge is -2.32. The van der Waals surface area contributed by atoms with Gasteiger partial charge in [-0.05, 0) is 25.8 Å². The molecule has 0 bridgehead atoms. The van der Waals surface area contributed by atoms with E-state index < -0.39 is 11.2 Å². The summed E-state index contributed by atoms with van der Waals surface area (Å²) in [5, 5.41) is 20.5. The van der Waals surface area contributed by atoms with Crippen LogP contribution in [0.3, 0.4) is 0 Å². The maximum absolute atomic E-state index is 12.0. The molecule has 0 aliphatic carbocycles. The van der Waals surface area contributed by atoms with Crippen LogP contribution >= 0.6 is 0 Å². The number of rotatable bonds is 5. The minimum Gasteiger partial charge on any atom is -0.387 e. The molecule has 2 N–H and O–H groups in total. The van der Waals surface area contributed by atoms with Gasteiger partial charge in [0, 0.05) is 26.7 Å². The minimum absolute atomic E-state index is 0.237. The quantitative estimate of drug-likeness (QED) is 0.847. The molecule has 22 heavy (non-hydrogen) atoms. The van der Waals surface area contributed by atoms with E-state index in [9.17, 15) is 15.0 Å². The van der Waals surface area contributed by atoms with Crippen LogP contribution in [0.4, 0.5) is 0 Å². The molecule has 1 amide bonds. The van der Waals surface area contributed by atoms with Gasteiger partial charge in [-0.25, -0.2) is 0 Å². The lowest BCUT2D eigenvalue weighted by Crippen LogP contribution is -2.51. The molecule has 1 aromatic carbocycles. The summed E-state index contributed by atoms with van der Waals surface area (Å²) >= 11 is 0. The number of hydrogen-bond acceptors (Lipinski definition) is 4. The molecule has 5 nitrogen and oxygen atoms in total. The van der Waals surface area contributed by atoms with Gasteiger partial charge in [0.2, 0.25) is 0 Å². The molecule has 5 heteroatoms. The number of benzene rings is 1. The number of hydrogen-bond donors (Lipinski definition) is 2. The maximum atomic E-state index is 12.0. The summed E-state index contributed by atoms with van der Waals surface area (Å²) in [5.41, 5.74) is -1.11. The minimum atomic E-state index is -1.41. The van der Waals surface area contributed by atoms with Crippen molar-refractivity contribution in [2.75, 3.05) is 26.7 Å². The van der Waals surface area contributed by atoms with Gasteiger partial charge in [-0.15, -0.1) is 0 Å². The summed E-state index contributed by atoms with van der Waals surface area (Å²) in [6.45, 7) is 5.30. The zero-order valence-corrected chi connectivity index (χ0v) is 13.6. The molecule has 0 aromatic heterocycles. The highest BCUT2D eigenvalue weighted by atomic mass is 16.3. The largest absolute Gasteiger partial charge is 0.387 e. The fourth-order valence-electron chi connectivity index (χ4n) is 3.03. The Morgan fingerprint density at radius 3 is 2.59 bits per heavy atom. The lowest BCUT2D eigenvalue weighted by molar-refractivity contribution is -0.149. The lowest BCUT2D eigenvalue weighted by atomic mass is 10.0. The van der Waals surface area contributed by atoms with Crippen LogP contribution in [0.5, 0.6) is 0 Å². The first-order valence-corrected chi connectivity index (χ1v) is 7.66. The average Bonchev–Trinajstić information content (AvgIpc) is 2.79. The van der Waals surface area contributed by atoms with Crippen molar-refractivity contribution in [2.24, 2.45) is 0 Å². The van der Waals surface area contributed by atoms with Crippen molar-refractivity contribution in [3.05, 3.63) is 35.9 Å². The van der Waals surface area contributed by atoms with Crippen LogP contribution in [0, 0.1) is 0 Å². The van der Waals surface area contributed by atoms with Crippen LogP contribution in [-0.4, -0.2) is 63.8 Å². The first-order valence-electron chi connectivity index (χ1n) is 7.66. The van der Waals surface area contributed by atoms with E-state index in [4.69, 9.17) is 0 Å². The van der Waals surface area contributed by atoms with Crippen LogP contribution in [0.25, 0.3) is 0 Å². The number of nitrogens with zero attached hydrogens (tertiary/aromatic N) is 2. The summed E-state index contributed by atoms with van der Waals surface area (Å²) in [6.07, 6.45) is 0.628. The maximum Gasteiger partial charge on any atom is 0.253 e. The Balaban J connectivity index is 1.92. The van der Waals surface area contributed by atoms with Crippen LogP contribution in [-0.2, 0) is 11.3 Å². The smallest absolute Gasteiger partial charge is 0.253 e. The summed E-state index contributed by atoms with van der Waals surface area (Å²) in [7, 11) is 1.62. The third-order valence-electron chi connectivity index (χ3n) is 4.06. The van der Waals surface area contributed by atoms with Crippen LogP contribution in [0.15, 0.2) is 30.3 Å². The number of carbonyl (C=O) groups excluding carboxylic acids is 1. The summed E-state index contributed by atoms with van der Waals surface area (Å²) in [5.74, 6) is -0.373. The number of likely N-dealkylation sites (tertiary alicyclic amines) is 1. The number of β-amino-alcohol motifs (C(OH)–C–C–N with tert-alkyl or cyclic N) is 1. The van der Waals surface area contributed by atoms with Gasteiger partial charge >= 0.3 is 0 Å². The fourth-order valence-corrected chi connectivity index (χ4v) is 3.03. The SMILES string of the molecule is CN(CC1(O)CCN(Cc2ccccc2)C1)C(=O)C(C)(C)O. The molecule has 1 saturated heterocycles. The third-order valence-corrected chi connectivity index (χ3v) is 4.06. The molecule has 1 aliphatic heterocycles. The standard InChI is InChI=1S/C17H26N2O3/c1-16(2,21)15(20)18(3)12-17(22)9-10-19(13-17)11-14-7-5-4-6-8-14/h4-8,21-22H,9-13H2,1-3H3. The zero-order valence-electron chi connectivity index (χ0n) is 13.6. The van der Waals surface area contributed by atoms with Gasteiger partial charge in [0.25, 0.3) is 5.91 Å². The molecule has 2 rings (SSSR count). The van der Waals surface area contributed by atoms with Crippen LogP contribution in [0.1, 0.15) is 25.8 Å². The number of amides is 1. The molecule has 1 heterocycles. The van der Waals surface area contributed by atoms with E-state index in [-0.39, 0.29) is 12.5 Å². The van der Waals surface area contributed by atoms with Gasteiger partial charge in [-0.1, -0.05) is 30.3 Å². The monoisotopic (exact) mass is 306 g/mol. The molecule has 122 valence electrons. The van der Waals surface area contributed by atoms with E-state index >= 15 is 0 Å². The molecule has 0 radical (unpaired) electrons. The van der Waals surface area contributed by atoms with Crippen molar-refractivity contribution < 1.29 is 15.0 Å². The first-order chi connectivity index (χ1) is 10.2. The Bertz CT molecular complexity index is 512. The second-order valence-electron chi connectivity index (χ2n) is 6.89. The van der Waals surface area contributed by atoms with Crippen molar-refractivity contribution >= 4 is 5.91 Å². The van der Waals surface area contributed by atoms with E-state index in [1.165, 1.54) is 24.3 Å². The molecular formula is C17H26N2O3. The number of aliphatic hydroxyl groups is 2. The third kappa shape index (κ3) is 4.29. The molecule has 1 aromatic rings. The molecule has 1 atom stereocenters. The Hall–Kier alpha value is -1.43. The summed E-state index contributed by atoms with van der Waals surface area (Å²) in [6, 6.07) is 10.1. The van der Waals surface area contributed by atoms with E-state index in [1.54, 1.807) is 7.05 Å². The van der Waals surface area contributed by atoms with Crippen molar-refractivity contribution in [3.8, 4) is 0 Å². The van der Waals surface area contributed by atoms with Crippen molar-refractivity contribution in [3.63, 3.8) is 0 Å². The van der Waals surface area contributed by atoms with E-state index in [0.717, 1.165) is 13.1 Å². The van der Waals surface area contributed by atoms with E-state index in [2.05, 4.69) is 17.0 Å². The predicted octanol–water partition coefficient (Wildman–Crippen LogP) is 0.853. The first kappa shape index (κ1) is 16.9. The summed E-state index contributed by atoms with van der Waals surface area (Å²) in [4.78, 5) is 15.6. The number of carbonyl (C=O) groups is 1. The van der Waals surface area contributed by atoms with E-state index in [1.807, 2.05) is 18.2 Å². The highest BCUT2D eigenvalue weighted by molar-refractivity contribution is 5.83. The van der Waals surface area contributed by atoms with Crippen LogP contribution < -0.4 is 0 Å². The Labute approximate surface area is 132 Å². The van der Waals surface area contributed by atoms with Gasteiger partial charge < -0.3 is 15.1 Å². The highest BCUT2D eigenvalue weighted by Crippen LogP contribution is 2.24. The van der Waals surface area contributed by atoms with Crippen molar-refractivity contribution in [2.45, 2.75) is 38.0 Å². The predicted molar refractivity (Wildman–Crippen MR) is 85.2 cm³/mol. The zero-order chi connectivity index (χ0) is 16.4. The Kier molecular flexibility index (Phi) is 4.90. The van der Waals surface area contributed by atoms with Gasteiger partial charge in [0.15, 0.2) is 0 Å². The van der Waals surface area contributed by atoms with E-state index in [0.29, 0.717) is 13.0 Å². The van der Waals surface area contributed by atoms with Gasteiger partial charge in [0.05, 0.1) is 12.1 Å². The van der Waals surface area contributed by atoms with Gasteiger partial charge in [-0.2, -0.15) is 0 Å². The highest BCUT2D eigenvalue weighted by Gasteiger charge is 2.39. The molecule has 1 aliphatic rings. The fraction of sp³-hybridized carbons (Fsp3) is 0.588. The summed E-state index contributed by atoms with van der Waals surface area (Å²) < 4.78 is 0. The molecular weight excluding hydrogens is 280 g/mol. The average molecular weight is 306 g/mol. The topological polar surface area (TPSA) is 64.0 Å². The molecule has 1 fully saturated rings. The molecule has 1 unspecified atom stereocenters. The molecule has 0 spiro atoms. The van der Waals surface area contributed by atoms with Crippen molar-refractivity contribution in [1.82, 2.24) is 9.80 Å². The van der Waals surface area contributed by atoms with Gasteiger partial charge in [0.1, 0.15) is 5.60 Å².